The van der Waals surface area contributed by atoms with Crippen molar-refractivity contribution in [1.82, 2.24) is 25.4 Å². The molecule has 3 rings (SSSR count). The molecule has 7 heteroatoms. The van der Waals surface area contributed by atoms with Crippen LogP contribution in [0.15, 0.2) is 47.7 Å². The molecule has 2 aromatic rings. The van der Waals surface area contributed by atoms with E-state index >= 15 is 0 Å². The van der Waals surface area contributed by atoms with Gasteiger partial charge in [-0.25, -0.2) is 4.98 Å². The molecule has 2 N–H and O–H groups in total. The van der Waals surface area contributed by atoms with Gasteiger partial charge in [0.25, 0.3) is 0 Å². The summed E-state index contributed by atoms with van der Waals surface area (Å²) in [5.41, 5.74) is 2.47. The molecule has 1 aliphatic heterocycles. The van der Waals surface area contributed by atoms with Gasteiger partial charge in [-0.15, -0.1) is 0 Å². The predicted octanol–water partition coefficient (Wildman–Crippen LogP) is 1.06. The van der Waals surface area contributed by atoms with E-state index in [9.17, 15) is 0 Å². The maximum Gasteiger partial charge on any atom is 0.191 e. The fraction of sp³-hybridized carbons (Fsp3) is 0.353. The van der Waals surface area contributed by atoms with Crippen molar-refractivity contribution in [3.05, 3.63) is 54.1 Å². The molecule has 7 nitrogen and oxygen atoms in total. The average molecular weight is 325 g/mol. The zero-order valence-corrected chi connectivity index (χ0v) is 14.1. The fourth-order valence-corrected chi connectivity index (χ4v) is 2.56. The second kappa shape index (κ2) is 7.63. The molecule has 0 fully saturated rings. The number of benzene rings is 1. The van der Waals surface area contributed by atoms with E-state index in [1.165, 1.54) is 11.3 Å². The molecule has 0 atom stereocenters. The number of aryl methyl sites for hydroxylation is 1. The van der Waals surface area contributed by atoms with Crippen LogP contribution in [-0.2, 0) is 20.1 Å². The van der Waals surface area contributed by atoms with Crippen LogP contribution in [0.4, 0.5) is 5.69 Å². The Kier molecular flexibility index (Phi) is 5.10. The molecule has 2 heterocycles. The van der Waals surface area contributed by atoms with Gasteiger partial charge in [-0.3, -0.25) is 9.67 Å². The topological polar surface area (TPSA) is 70.4 Å². The molecule has 0 unspecified atom stereocenters. The Morgan fingerprint density at radius 2 is 1.83 bits per heavy atom. The third-order valence-electron chi connectivity index (χ3n) is 4.02. The van der Waals surface area contributed by atoms with E-state index in [0.29, 0.717) is 6.54 Å². The first-order valence-corrected chi connectivity index (χ1v) is 8.02. The van der Waals surface area contributed by atoms with Crippen LogP contribution in [0.1, 0.15) is 11.4 Å². The van der Waals surface area contributed by atoms with Crippen molar-refractivity contribution >= 4 is 11.6 Å². The highest BCUT2D eigenvalue weighted by Gasteiger charge is 2.07. The summed E-state index contributed by atoms with van der Waals surface area (Å²) >= 11 is 0. The van der Waals surface area contributed by atoms with Gasteiger partial charge < -0.3 is 15.5 Å². The molecule has 0 spiro atoms. The van der Waals surface area contributed by atoms with Gasteiger partial charge in [0.1, 0.15) is 12.2 Å². The summed E-state index contributed by atoms with van der Waals surface area (Å²) in [5.74, 6) is 1.60. The summed E-state index contributed by atoms with van der Waals surface area (Å²) < 4.78 is 1.74. The van der Waals surface area contributed by atoms with Crippen LogP contribution in [0.3, 0.4) is 0 Å². The smallest absolute Gasteiger partial charge is 0.191 e. The van der Waals surface area contributed by atoms with Crippen molar-refractivity contribution < 1.29 is 0 Å². The van der Waals surface area contributed by atoms with Gasteiger partial charge in [0.15, 0.2) is 5.96 Å². The fourth-order valence-electron chi connectivity index (χ4n) is 2.56. The van der Waals surface area contributed by atoms with Crippen molar-refractivity contribution in [3.63, 3.8) is 0 Å². The van der Waals surface area contributed by atoms with Gasteiger partial charge in [-0.05, 0) is 17.7 Å². The molecule has 0 amide bonds. The minimum Gasteiger partial charge on any atom is -0.364 e. The lowest BCUT2D eigenvalue weighted by Gasteiger charge is -2.18. The molecular formula is C17H23N7. The largest absolute Gasteiger partial charge is 0.364 e. The molecule has 1 aliphatic rings. The van der Waals surface area contributed by atoms with Crippen molar-refractivity contribution in [2.75, 3.05) is 25.0 Å². The number of nitrogens with one attached hydrogen (secondary N) is 2. The first kappa shape index (κ1) is 16.0. The Bertz CT molecular complexity index is 707. The lowest BCUT2D eigenvalue weighted by Crippen LogP contribution is -2.36. The van der Waals surface area contributed by atoms with E-state index in [-0.39, 0.29) is 0 Å². The molecule has 0 radical (unpaired) electrons. The number of hydrogen-bond acceptors (Lipinski definition) is 4. The molecule has 0 saturated carbocycles. The van der Waals surface area contributed by atoms with E-state index < -0.39 is 0 Å². The van der Waals surface area contributed by atoms with E-state index in [4.69, 9.17) is 0 Å². The van der Waals surface area contributed by atoms with E-state index in [0.717, 1.165) is 31.4 Å². The normalized spacial score (nSPS) is 14.2. The maximum absolute atomic E-state index is 4.23. The molecule has 126 valence electrons. The van der Waals surface area contributed by atoms with Gasteiger partial charge >= 0.3 is 0 Å². The van der Waals surface area contributed by atoms with Crippen molar-refractivity contribution in [3.8, 4) is 0 Å². The second-order valence-electron chi connectivity index (χ2n) is 5.62. The molecular weight excluding hydrogens is 302 g/mol. The predicted molar refractivity (Wildman–Crippen MR) is 95.8 cm³/mol. The molecule has 1 aromatic carbocycles. The molecule has 0 aliphatic carbocycles. The number of guanidine groups is 1. The van der Waals surface area contributed by atoms with E-state index in [1.807, 2.05) is 7.05 Å². The van der Waals surface area contributed by atoms with Crippen molar-refractivity contribution in [2.24, 2.45) is 12.0 Å². The molecule has 1 aromatic heterocycles. The van der Waals surface area contributed by atoms with Gasteiger partial charge in [0.05, 0.1) is 6.54 Å². The highest BCUT2D eigenvalue weighted by molar-refractivity contribution is 5.79. The van der Waals surface area contributed by atoms with Gasteiger partial charge in [-0.2, -0.15) is 5.10 Å². The summed E-state index contributed by atoms with van der Waals surface area (Å²) in [5, 5.41) is 10.6. The van der Waals surface area contributed by atoms with E-state index in [1.54, 1.807) is 18.1 Å². The van der Waals surface area contributed by atoms with Crippen LogP contribution in [0.5, 0.6) is 0 Å². The Hall–Kier alpha value is -2.83. The van der Waals surface area contributed by atoms with Crippen LogP contribution in [0.2, 0.25) is 0 Å². The third kappa shape index (κ3) is 3.92. The maximum atomic E-state index is 4.23. The molecule has 24 heavy (non-hydrogen) atoms. The van der Waals surface area contributed by atoms with Crippen LogP contribution in [-0.4, -0.2) is 40.9 Å². The minimum absolute atomic E-state index is 0.580. The number of aliphatic imine (C=N–C) groups is 1. The number of hydrogen-bond donors (Lipinski definition) is 2. The highest BCUT2D eigenvalue weighted by atomic mass is 15.3. The van der Waals surface area contributed by atoms with Crippen molar-refractivity contribution in [1.29, 1.82) is 0 Å². The number of nitrogens with zero attached hydrogens (tertiary/aromatic N) is 5. The zero-order valence-electron chi connectivity index (χ0n) is 14.1. The Morgan fingerprint density at radius 3 is 2.46 bits per heavy atom. The number of anilines is 1. The highest BCUT2D eigenvalue weighted by Crippen LogP contribution is 2.17. The average Bonchev–Trinajstić information content (AvgIpc) is 3.28. The van der Waals surface area contributed by atoms with Gasteiger partial charge in [0, 0.05) is 39.4 Å². The second-order valence-corrected chi connectivity index (χ2v) is 5.62. The van der Waals surface area contributed by atoms with E-state index in [2.05, 4.69) is 67.0 Å². The standard InChI is InChI=1S/C17H23N7/c1-18-17(20-12-16-21-13-22-23(16)2)19-11-14-5-7-15(8-6-14)24-9-3-4-10-24/h3-8,13H,9-12H2,1-2H3,(H2,18,19,20). The Balaban J connectivity index is 1.49. The lowest BCUT2D eigenvalue weighted by atomic mass is 10.2. The third-order valence-corrected chi connectivity index (χ3v) is 4.02. The van der Waals surface area contributed by atoms with Crippen molar-refractivity contribution in [2.45, 2.75) is 13.1 Å². The first-order chi connectivity index (χ1) is 11.8. The zero-order chi connectivity index (χ0) is 16.8. The Morgan fingerprint density at radius 1 is 1.12 bits per heavy atom. The monoisotopic (exact) mass is 325 g/mol. The van der Waals surface area contributed by atoms with Gasteiger partial charge in [0.2, 0.25) is 0 Å². The van der Waals surface area contributed by atoms with Gasteiger partial charge in [-0.1, -0.05) is 24.3 Å². The number of aromatic nitrogens is 3. The summed E-state index contributed by atoms with van der Waals surface area (Å²) in [6, 6.07) is 8.63. The quantitative estimate of drug-likeness (QED) is 0.489. The summed E-state index contributed by atoms with van der Waals surface area (Å²) in [7, 11) is 3.63. The summed E-state index contributed by atoms with van der Waals surface area (Å²) in [6.45, 7) is 3.29. The van der Waals surface area contributed by atoms with Crippen LogP contribution >= 0.6 is 0 Å². The van der Waals surface area contributed by atoms with Crippen LogP contribution in [0, 0.1) is 0 Å². The van der Waals surface area contributed by atoms with Crippen LogP contribution in [0.25, 0.3) is 0 Å². The summed E-state index contributed by atoms with van der Waals surface area (Å²) in [6.07, 6.45) is 5.94. The first-order valence-electron chi connectivity index (χ1n) is 8.02. The molecule has 0 bridgehead atoms. The Labute approximate surface area is 142 Å². The lowest BCUT2D eigenvalue weighted by molar-refractivity contribution is 0.672. The minimum atomic E-state index is 0.580. The SMILES string of the molecule is CN=C(NCc1ccc(N2CC=CC2)cc1)NCc1ncnn1C. The molecule has 0 saturated heterocycles. The number of rotatable bonds is 5. The summed E-state index contributed by atoms with van der Waals surface area (Å²) in [4.78, 5) is 10.7. The van der Waals surface area contributed by atoms with Crippen LogP contribution < -0.4 is 15.5 Å².